The second-order valence-electron chi connectivity index (χ2n) is 3.82. The minimum atomic E-state index is -3.08. The Morgan fingerprint density at radius 3 is 2.47 bits per heavy atom. The molecule has 0 saturated carbocycles. The first kappa shape index (κ1) is 10.8. The maximum atomic E-state index is 11.8. The van der Waals surface area contributed by atoms with Crippen LogP contribution in [0.3, 0.4) is 0 Å². The molecule has 0 unspecified atom stereocenters. The highest BCUT2D eigenvalue weighted by Gasteiger charge is 2.43. The summed E-state index contributed by atoms with van der Waals surface area (Å²) in [5, 5.41) is 0. The van der Waals surface area contributed by atoms with E-state index < -0.39 is 7.67 Å². The van der Waals surface area contributed by atoms with Gasteiger partial charge in [-0.25, -0.2) is 10.2 Å². The monoisotopic (exact) mass is 226 g/mol. The van der Waals surface area contributed by atoms with Crippen LogP contribution in [0.5, 0.6) is 0 Å². The Kier molecular flexibility index (Phi) is 2.69. The van der Waals surface area contributed by atoms with Crippen molar-refractivity contribution in [3.8, 4) is 0 Å². The SMILES string of the molecule is C[C@H]1[C@@H](c2ccccc2)O[P@](N)(=O)N1C. The molecule has 1 aromatic rings. The van der Waals surface area contributed by atoms with Crippen LogP contribution in [0.25, 0.3) is 0 Å². The lowest BCUT2D eigenvalue weighted by molar-refractivity contribution is 0.210. The standard InChI is InChI=1S/C10H15N2O2P/c1-8-10(9-6-4-3-5-7-9)14-15(11,13)12(8)2/h3-8,10H,1-2H3,(H2,11,13)/t8-,10-,15-/m0/s1. The second-order valence-corrected chi connectivity index (χ2v) is 5.79. The van der Waals surface area contributed by atoms with E-state index in [-0.39, 0.29) is 12.1 Å². The first-order chi connectivity index (χ1) is 7.02. The van der Waals surface area contributed by atoms with Crippen LogP contribution in [0.2, 0.25) is 0 Å². The molecular formula is C10H15N2O2P. The third-order valence-corrected chi connectivity index (χ3v) is 4.63. The minimum absolute atomic E-state index is 0.0308. The van der Waals surface area contributed by atoms with Crippen LogP contribution in [-0.2, 0) is 9.09 Å². The van der Waals surface area contributed by atoms with Crippen molar-refractivity contribution in [1.29, 1.82) is 0 Å². The van der Waals surface area contributed by atoms with Gasteiger partial charge in [-0.1, -0.05) is 30.3 Å². The van der Waals surface area contributed by atoms with Crippen LogP contribution < -0.4 is 5.50 Å². The Bertz CT molecular complexity index is 396. The van der Waals surface area contributed by atoms with Gasteiger partial charge in [0.1, 0.15) is 6.10 Å². The van der Waals surface area contributed by atoms with Crippen LogP contribution in [0, 0.1) is 0 Å². The Hall–Kier alpha value is -0.670. The number of nitrogens with two attached hydrogens (primary N) is 1. The lowest BCUT2D eigenvalue weighted by Gasteiger charge is -2.17. The van der Waals surface area contributed by atoms with Gasteiger partial charge in [0.05, 0.1) is 0 Å². The predicted octanol–water partition coefficient (Wildman–Crippen LogP) is 2.15. The number of hydrogen-bond donors (Lipinski definition) is 1. The topological polar surface area (TPSA) is 55.6 Å². The molecule has 0 amide bonds. The van der Waals surface area contributed by atoms with Gasteiger partial charge < -0.3 is 0 Å². The Morgan fingerprint density at radius 1 is 1.40 bits per heavy atom. The molecule has 5 heteroatoms. The summed E-state index contributed by atoms with van der Waals surface area (Å²) >= 11 is 0. The number of hydrogen-bond acceptors (Lipinski definition) is 2. The molecule has 15 heavy (non-hydrogen) atoms. The molecule has 0 bridgehead atoms. The first-order valence-electron chi connectivity index (χ1n) is 4.87. The quantitative estimate of drug-likeness (QED) is 0.745. The average molecular weight is 226 g/mol. The summed E-state index contributed by atoms with van der Waals surface area (Å²) in [5.41, 5.74) is 6.61. The molecule has 1 fully saturated rings. The molecule has 2 rings (SSSR count). The van der Waals surface area contributed by atoms with Crippen molar-refractivity contribution >= 4 is 7.67 Å². The molecule has 1 aromatic carbocycles. The van der Waals surface area contributed by atoms with Gasteiger partial charge in [0.15, 0.2) is 0 Å². The van der Waals surface area contributed by atoms with Crippen molar-refractivity contribution in [3.05, 3.63) is 35.9 Å². The molecule has 82 valence electrons. The molecule has 2 N–H and O–H groups in total. The summed E-state index contributed by atoms with van der Waals surface area (Å²) < 4.78 is 18.9. The maximum Gasteiger partial charge on any atom is 0.341 e. The smallest absolute Gasteiger partial charge is 0.296 e. The second kappa shape index (κ2) is 3.72. The van der Waals surface area contributed by atoms with E-state index in [0.29, 0.717) is 0 Å². The highest BCUT2D eigenvalue weighted by atomic mass is 31.2. The normalized spacial score (nSPS) is 37.0. The third kappa shape index (κ3) is 1.86. The van der Waals surface area contributed by atoms with Crippen LogP contribution >= 0.6 is 7.67 Å². The van der Waals surface area contributed by atoms with Gasteiger partial charge >= 0.3 is 7.67 Å². The maximum absolute atomic E-state index is 11.8. The van der Waals surface area contributed by atoms with Gasteiger partial charge in [0.2, 0.25) is 0 Å². The third-order valence-electron chi connectivity index (χ3n) is 2.86. The predicted molar refractivity (Wildman–Crippen MR) is 59.3 cm³/mol. The van der Waals surface area contributed by atoms with Crippen LogP contribution in [-0.4, -0.2) is 17.8 Å². The van der Waals surface area contributed by atoms with E-state index in [0.717, 1.165) is 5.56 Å². The number of nitrogens with zero attached hydrogens (tertiary/aromatic N) is 1. The van der Waals surface area contributed by atoms with E-state index >= 15 is 0 Å². The fraction of sp³-hybridized carbons (Fsp3) is 0.400. The summed E-state index contributed by atoms with van der Waals surface area (Å²) in [5.74, 6) is 0. The Balaban J connectivity index is 2.31. The molecule has 0 spiro atoms. The Morgan fingerprint density at radius 2 is 2.00 bits per heavy atom. The molecule has 3 atom stereocenters. The van der Waals surface area contributed by atoms with Crippen LogP contribution in [0.1, 0.15) is 18.6 Å². The highest BCUT2D eigenvalue weighted by Crippen LogP contribution is 2.56. The summed E-state index contributed by atoms with van der Waals surface area (Å²) in [6.07, 6.45) is -0.202. The number of likely N-dealkylation sites (N-methyl/N-ethyl adjacent to an activating group) is 1. The van der Waals surface area contributed by atoms with E-state index in [9.17, 15) is 4.57 Å². The van der Waals surface area contributed by atoms with Crippen molar-refractivity contribution in [1.82, 2.24) is 4.67 Å². The zero-order chi connectivity index (χ0) is 11.1. The molecule has 0 aromatic heterocycles. The van der Waals surface area contributed by atoms with Crippen molar-refractivity contribution < 1.29 is 9.09 Å². The van der Waals surface area contributed by atoms with E-state index in [4.69, 9.17) is 10.0 Å². The zero-order valence-electron chi connectivity index (χ0n) is 8.83. The fourth-order valence-electron chi connectivity index (χ4n) is 1.76. The van der Waals surface area contributed by atoms with Crippen molar-refractivity contribution in [2.24, 2.45) is 5.50 Å². The van der Waals surface area contributed by atoms with Crippen LogP contribution in [0.15, 0.2) is 30.3 Å². The summed E-state index contributed by atoms with van der Waals surface area (Å²) in [7, 11) is -1.35. The minimum Gasteiger partial charge on any atom is -0.296 e. The van der Waals surface area contributed by atoms with E-state index in [1.54, 1.807) is 11.7 Å². The van der Waals surface area contributed by atoms with Gasteiger partial charge in [0.25, 0.3) is 0 Å². The van der Waals surface area contributed by atoms with Gasteiger partial charge in [-0.15, -0.1) is 0 Å². The van der Waals surface area contributed by atoms with Crippen molar-refractivity contribution in [3.63, 3.8) is 0 Å². The largest absolute Gasteiger partial charge is 0.341 e. The molecule has 0 aliphatic carbocycles. The lowest BCUT2D eigenvalue weighted by Crippen LogP contribution is -2.24. The van der Waals surface area contributed by atoms with E-state index in [1.807, 2.05) is 37.3 Å². The zero-order valence-corrected chi connectivity index (χ0v) is 9.72. The van der Waals surface area contributed by atoms with Crippen molar-refractivity contribution in [2.75, 3.05) is 7.05 Å². The average Bonchev–Trinajstić information content (AvgIpc) is 2.44. The fourth-order valence-corrected chi connectivity index (χ4v) is 3.16. The van der Waals surface area contributed by atoms with Gasteiger partial charge in [-0.3, -0.25) is 9.09 Å². The molecule has 1 aliphatic heterocycles. The molecular weight excluding hydrogens is 211 g/mol. The van der Waals surface area contributed by atoms with Crippen LogP contribution in [0.4, 0.5) is 0 Å². The molecule has 1 heterocycles. The van der Waals surface area contributed by atoms with Gasteiger partial charge in [-0.2, -0.15) is 0 Å². The Labute approximate surface area is 89.6 Å². The molecule has 1 saturated heterocycles. The van der Waals surface area contributed by atoms with Gasteiger partial charge in [-0.05, 0) is 19.5 Å². The molecule has 4 nitrogen and oxygen atoms in total. The van der Waals surface area contributed by atoms with Crippen molar-refractivity contribution in [2.45, 2.75) is 19.1 Å². The summed E-state index contributed by atoms with van der Waals surface area (Å²) in [6, 6.07) is 9.76. The number of benzene rings is 1. The van der Waals surface area contributed by atoms with Gasteiger partial charge in [0, 0.05) is 6.04 Å². The van der Waals surface area contributed by atoms with E-state index in [1.165, 1.54) is 0 Å². The van der Waals surface area contributed by atoms with E-state index in [2.05, 4.69) is 0 Å². The summed E-state index contributed by atoms with van der Waals surface area (Å²) in [4.78, 5) is 0. The first-order valence-corrected chi connectivity index (χ1v) is 6.52. The molecule has 1 aliphatic rings. The summed E-state index contributed by atoms with van der Waals surface area (Å²) in [6.45, 7) is 1.96. The highest BCUT2D eigenvalue weighted by molar-refractivity contribution is 7.54. The lowest BCUT2D eigenvalue weighted by atomic mass is 10.0. The number of rotatable bonds is 1. The molecule has 0 radical (unpaired) electrons.